The van der Waals surface area contributed by atoms with Crippen molar-refractivity contribution in [3.05, 3.63) is 482 Å². The van der Waals surface area contributed by atoms with Crippen molar-refractivity contribution in [2.45, 2.75) is 133 Å². The van der Waals surface area contributed by atoms with Crippen LogP contribution in [0.3, 0.4) is 0 Å². The molecule has 0 nitrogen and oxygen atoms in total. The third kappa shape index (κ3) is 15.3. The van der Waals surface area contributed by atoms with E-state index in [2.05, 4.69) is 446 Å². The second-order valence-electron chi connectivity index (χ2n) is 38.7. The first-order valence-corrected chi connectivity index (χ1v) is 65.9. The predicted molar refractivity (Wildman–Crippen MR) is 608 cm³/mol. The molecule has 0 bridgehead atoms. The van der Waals surface area contributed by atoms with E-state index >= 15 is 0 Å². The van der Waals surface area contributed by atoms with Crippen LogP contribution in [-0.2, 0) is 70.6 Å². The summed E-state index contributed by atoms with van der Waals surface area (Å²) in [6, 6.07) is 117. The van der Waals surface area contributed by atoms with E-state index in [4.69, 9.17) is 0 Å². The Morgan fingerprint density at radius 2 is 0.366 bits per heavy atom. The first-order valence-electron chi connectivity index (χ1n) is 47.1. The minimum atomic E-state index is 0. The second kappa shape index (κ2) is 36.7. The topological polar surface area (TPSA) is 0 Å². The molecule has 18 aromatic rings. The zero-order valence-electron chi connectivity index (χ0n) is 77.0. The smallest absolute Gasteiger partial charge is 0.00130 e. The Hall–Kier alpha value is -9.66. The van der Waals surface area contributed by atoms with Gasteiger partial charge in [-0.05, 0) is 474 Å². The number of rotatable bonds is 2. The van der Waals surface area contributed by atoms with Crippen LogP contribution in [0.5, 0.6) is 0 Å². The fraction of sp³-hybridized carbons (Fsp3) is 0.156. The van der Waals surface area contributed by atoms with Crippen molar-refractivity contribution in [3.8, 4) is 145 Å². The fourth-order valence-corrected chi connectivity index (χ4v) is 24.9. The summed E-state index contributed by atoms with van der Waals surface area (Å²) in [6.07, 6.45) is 11.6. The van der Waals surface area contributed by atoms with E-state index in [1.165, 1.54) is 317 Å². The number of hydrogen-bond acceptors (Lipinski definition) is 0. The molecule has 0 radical (unpaired) electrons. The summed E-state index contributed by atoms with van der Waals surface area (Å²) in [7, 11) is 0. The van der Waals surface area contributed by atoms with Crippen LogP contribution in [0.25, 0.3) is 145 Å². The predicted octanol–water partition coefficient (Wildman–Crippen LogP) is 33.0. The average Bonchev–Trinajstić information content (AvgIpc) is 1.54. The van der Waals surface area contributed by atoms with Gasteiger partial charge in [0.15, 0.2) is 0 Å². The van der Waals surface area contributed by atoms with Gasteiger partial charge in [-0.25, -0.2) is 0 Å². The zero-order valence-corrected chi connectivity index (χ0v) is 90.1. The monoisotopic (exact) mass is 2400 g/mol. The number of benzene rings is 18. The average molecular weight is 2400 g/mol. The van der Waals surface area contributed by atoms with E-state index in [1.807, 2.05) is 0 Å². The molecular weight excluding hydrogens is 2300 g/mol. The van der Waals surface area contributed by atoms with Crippen LogP contribution in [0.4, 0.5) is 0 Å². The van der Waals surface area contributed by atoms with Gasteiger partial charge in [-0.2, -0.15) is 0 Å². The minimum Gasteiger partial charge on any atom is -0.0619 e. The standard InChI is InChI=1S/C36H26.C34H22.C34H26.C14H12.C10H14.I3.I2.HI/c1-19-11-25-13-23-17-32-24(18-31(23)33(25)35-27-9-5-3-7-21(27)15-29(19)35)14-26-12-20(2)30-16-22-8-4-6-10-28(22)36(30)34(26)32;1-3-7-27-19(5-1)13-21-9-11-23-15-25-18-30-26(17-29(25)33(23)31(21)27)16-24-12-10-22-14-20-6-2-4-8-28(20)32(22)34(24)30;1-21-17-32(30-16-8-12-26-20-24-10-4-6-14-28(24)34(26)30)22(2)18-31(21)29-15-7-11-25-19-23-9-3-5-13-27(23)33(25)29;1-10-5-4-7-12-9-11-6-2-3-8-13(11)14(10)12;1-7-5-9(3)10(4)6-8(7)2;1-3-2;1-2;/h3-12,17-18H,13-16H2,1-2H3;1-12,17-18H,13-16H2;3-18H,19-20H2,1-2H3;2-8H,9H2,1H3;5-6H,1-4H3;;;1H/q;;;;;-1;;. The molecule has 134 heavy (non-hydrogen) atoms. The Morgan fingerprint density at radius 3 is 0.687 bits per heavy atom. The van der Waals surface area contributed by atoms with Crippen molar-refractivity contribution in [2.24, 2.45) is 0 Å². The molecule has 0 fully saturated rings. The van der Waals surface area contributed by atoms with Crippen LogP contribution in [-0.4, -0.2) is 0 Å². The third-order valence-electron chi connectivity index (χ3n) is 31.1. The van der Waals surface area contributed by atoms with Crippen LogP contribution in [0.2, 0.25) is 0 Å². The molecule has 11 aliphatic carbocycles. The molecule has 0 saturated carbocycles. The van der Waals surface area contributed by atoms with Gasteiger partial charge < -0.3 is 0 Å². The van der Waals surface area contributed by atoms with Gasteiger partial charge in [-0.15, -0.1) is 24.0 Å². The Labute approximate surface area is 860 Å². The van der Waals surface area contributed by atoms with Crippen molar-refractivity contribution >= 4 is 98.4 Å². The normalized spacial score (nSPS) is 13.1. The fourth-order valence-electron chi connectivity index (χ4n) is 24.9. The van der Waals surface area contributed by atoms with E-state index in [9.17, 15) is 0 Å². The van der Waals surface area contributed by atoms with Gasteiger partial charge >= 0.3 is 50.5 Å². The zero-order chi connectivity index (χ0) is 90.5. The molecule has 0 heterocycles. The van der Waals surface area contributed by atoms with Crippen LogP contribution in [0, 0.1) is 62.3 Å². The third-order valence-corrected chi connectivity index (χ3v) is 31.1. The van der Waals surface area contributed by atoms with Gasteiger partial charge in [-0.3, -0.25) is 0 Å². The van der Waals surface area contributed by atoms with Crippen molar-refractivity contribution in [1.82, 2.24) is 0 Å². The summed E-state index contributed by atoms with van der Waals surface area (Å²) < 4.78 is 0. The minimum absolute atomic E-state index is 0. The van der Waals surface area contributed by atoms with Crippen LogP contribution in [0.15, 0.2) is 309 Å². The van der Waals surface area contributed by atoms with Gasteiger partial charge in [0.1, 0.15) is 0 Å². The van der Waals surface area contributed by atoms with E-state index in [0.717, 1.165) is 70.6 Å². The molecule has 656 valence electrons. The Kier molecular flexibility index (Phi) is 24.5. The molecule has 0 aromatic heterocycles. The number of aryl methyl sites for hydroxylation is 9. The van der Waals surface area contributed by atoms with Gasteiger partial charge in [0, 0.05) is 37.2 Å². The molecule has 29 rings (SSSR count). The quantitative estimate of drug-likeness (QED) is 0.151. The number of hydrogen-bond donors (Lipinski definition) is 0. The summed E-state index contributed by atoms with van der Waals surface area (Å²) >= 11 is 9.54. The Balaban J connectivity index is 0.000000101. The Bertz CT molecular complexity index is 7540. The molecule has 18 aromatic carbocycles. The van der Waals surface area contributed by atoms with Gasteiger partial charge in [0.2, 0.25) is 0 Å². The summed E-state index contributed by atoms with van der Waals surface area (Å²) in [6.45, 7) is 20.0. The first-order chi connectivity index (χ1) is 65.1. The maximum atomic E-state index is 2.57. The summed E-state index contributed by atoms with van der Waals surface area (Å²) in [4.78, 5) is 0. The van der Waals surface area contributed by atoms with Gasteiger partial charge in [0.05, 0.1) is 0 Å². The molecule has 6 heteroatoms. The van der Waals surface area contributed by atoms with E-state index in [-0.39, 0.29) is 24.0 Å². The molecule has 0 amide bonds. The van der Waals surface area contributed by atoms with Crippen LogP contribution in [0.1, 0.15) is 172 Å². The van der Waals surface area contributed by atoms with Crippen LogP contribution >= 0.6 is 98.4 Å². The van der Waals surface area contributed by atoms with Gasteiger partial charge in [-0.1, -0.05) is 285 Å². The van der Waals surface area contributed by atoms with Gasteiger partial charge in [0.25, 0.3) is 0 Å². The second-order valence-corrected chi connectivity index (χ2v) is 54.9. The SMILES string of the molecule is Cc1cc(-c2cccc3c2-c2ccccc2C3)c(C)cc1-c1cccc2c1-c1ccccc1C2.Cc1cc(C)c(C)cc1C.Cc1cc2c(c3c1Cc1ccccc1-3)-c1cc3c(cc1C2)-c1c(cc(C)c2c1-c1ccccc1C2)C3.Cc1cccc2c1-c1ccccc1C2.I.II.I[I-]I.c1ccc2c(c1)Cc1ccc3c(c1-2)-c1cc2c(cc1C3)-c1c(ccc3c1-c1ccccc1C3)C2. The molecule has 0 N–H and O–H groups in total. The first kappa shape index (κ1) is 89.5. The molecule has 0 atom stereocenters. The maximum Gasteiger partial charge on any atom is -0.00130 e. The van der Waals surface area contributed by atoms with E-state index in [0.29, 0.717) is 13.3 Å². The number of fused-ring (bicyclic) bond motifs is 37. The summed E-state index contributed by atoms with van der Waals surface area (Å²) in [5.74, 6) is 0. The van der Waals surface area contributed by atoms with Crippen LogP contribution < -0.4 is 13.3 Å². The van der Waals surface area contributed by atoms with Crippen molar-refractivity contribution < 1.29 is 13.3 Å². The van der Waals surface area contributed by atoms with E-state index < -0.39 is 0 Å². The molecular formula is C128H101I6-. The summed E-state index contributed by atoms with van der Waals surface area (Å²) in [5, 5.41) is 0. The van der Waals surface area contributed by atoms with E-state index in [1.54, 1.807) is 0 Å². The molecule has 0 aliphatic heterocycles. The maximum absolute atomic E-state index is 2.57. The largest absolute Gasteiger partial charge is 0.0619 e. The van der Waals surface area contributed by atoms with Crippen molar-refractivity contribution in [1.29, 1.82) is 0 Å². The molecule has 0 saturated heterocycles. The van der Waals surface area contributed by atoms with Crippen molar-refractivity contribution in [3.63, 3.8) is 0 Å². The molecule has 11 aliphatic rings. The number of halogens is 6. The summed E-state index contributed by atoms with van der Waals surface area (Å²) in [5.41, 5.74) is 83.0. The molecule has 0 unspecified atom stereocenters. The molecule has 0 spiro atoms. The Morgan fingerprint density at radius 1 is 0.149 bits per heavy atom. The van der Waals surface area contributed by atoms with Crippen molar-refractivity contribution in [2.75, 3.05) is 0 Å².